The van der Waals surface area contributed by atoms with Gasteiger partial charge in [-0.25, -0.2) is 0 Å². The van der Waals surface area contributed by atoms with Gasteiger partial charge in [0.15, 0.2) is 0 Å². The Hall–Kier alpha value is -0.120. The lowest BCUT2D eigenvalue weighted by molar-refractivity contribution is 0.0368. The van der Waals surface area contributed by atoms with Crippen molar-refractivity contribution < 1.29 is 0 Å². The molecule has 1 atom stereocenters. The Morgan fingerprint density at radius 2 is 1.88 bits per heavy atom. The quantitative estimate of drug-likeness (QED) is 0.810. The molecule has 17 heavy (non-hydrogen) atoms. The van der Waals surface area contributed by atoms with Gasteiger partial charge in [0.25, 0.3) is 0 Å². The Bertz CT molecular complexity index is 234. The first-order valence-corrected chi connectivity index (χ1v) is 7.29. The second-order valence-electron chi connectivity index (χ2n) is 6.24. The van der Waals surface area contributed by atoms with E-state index in [9.17, 15) is 0 Å². The molecular formula is C14H29N3. The van der Waals surface area contributed by atoms with Crippen molar-refractivity contribution in [2.75, 3.05) is 33.7 Å². The zero-order chi connectivity index (χ0) is 12.3. The fourth-order valence-corrected chi connectivity index (χ4v) is 3.89. The maximum atomic E-state index is 6.16. The summed E-state index contributed by atoms with van der Waals surface area (Å²) in [5, 5.41) is 0. The smallest absolute Gasteiger partial charge is 0.0335 e. The van der Waals surface area contributed by atoms with E-state index in [1.165, 1.54) is 58.0 Å². The molecule has 1 aliphatic heterocycles. The predicted molar refractivity (Wildman–Crippen MR) is 73.2 cm³/mol. The Labute approximate surface area is 106 Å². The van der Waals surface area contributed by atoms with Crippen LogP contribution in [-0.4, -0.2) is 55.1 Å². The van der Waals surface area contributed by atoms with E-state index in [4.69, 9.17) is 5.73 Å². The summed E-state index contributed by atoms with van der Waals surface area (Å²) in [6.45, 7) is 3.33. The Balaban J connectivity index is 2.06. The molecule has 3 nitrogen and oxygen atoms in total. The number of rotatable bonds is 4. The zero-order valence-corrected chi connectivity index (χ0v) is 11.6. The van der Waals surface area contributed by atoms with Crippen molar-refractivity contribution in [2.45, 2.75) is 56.5 Å². The van der Waals surface area contributed by atoms with Crippen molar-refractivity contribution in [1.29, 1.82) is 0 Å². The van der Waals surface area contributed by atoms with Crippen molar-refractivity contribution in [2.24, 2.45) is 5.73 Å². The first-order valence-electron chi connectivity index (χ1n) is 7.29. The van der Waals surface area contributed by atoms with E-state index in [1.54, 1.807) is 0 Å². The van der Waals surface area contributed by atoms with Crippen LogP contribution in [0.3, 0.4) is 0 Å². The van der Waals surface area contributed by atoms with Gasteiger partial charge in [0.2, 0.25) is 0 Å². The minimum absolute atomic E-state index is 0.343. The molecule has 0 radical (unpaired) electrons. The van der Waals surface area contributed by atoms with Crippen LogP contribution in [0.25, 0.3) is 0 Å². The van der Waals surface area contributed by atoms with Gasteiger partial charge < -0.3 is 10.6 Å². The molecule has 0 spiro atoms. The number of nitrogens with two attached hydrogens (primary N) is 1. The third-order valence-corrected chi connectivity index (χ3v) is 4.73. The molecule has 2 aliphatic rings. The van der Waals surface area contributed by atoms with E-state index in [1.807, 2.05) is 0 Å². The summed E-state index contributed by atoms with van der Waals surface area (Å²) in [6.07, 6.45) is 9.54. The zero-order valence-electron chi connectivity index (χ0n) is 11.6. The maximum absolute atomic E-state index is 6.16. The van der Waals surface area contributed by atoms with Gasteiger partial charge in [-0.1, -0.05) is 19.3 Å². The van der Waals surface area contributed by atoms with Gasteiger partial charge in [0.05, 0.1) is 0 Å². The van der Waals surface area contributed by atoms with Crippen molar-refractivity contribution in [3.63, 3.8) is 0 Å². The number of nitrogens with zero attached hydrogens (tertiary/aromatic N) is 2. The Morgan fingerprint density at radius 3 is 2.47 bits per heavy atom. The maximum Gasteiger partial charge on any atom is 0.0335 e. The molecule has 0 aromatic carbocycles. The molecule has 1 unspecified atom stereocenters. The number of hydrogen-bond donors (Lipinski definition) is 1. The molecule has 1 heterocycles. The summed E-state index contributed by atoms with van der Waals surface area (Å²) in [5.74, 6) is 0. The topological polar surface area (TPSA) is 32.5 Å². The monoisotopic (exact) mass is 239 g/mol. The van der Waals surface area contributed by atoms with Crippen LogP contribution in [0, 0.1) is 0 Å². The Morgan fingerprint density at radius 1 is 1.18 bits per heavy atom. The predicted octanol–water partition coefficient (Wildman–Crippen LogP) is 1.67. The van der Waals surface area contributed by atoms with Gasteiger partial charge in [-0.3, -0.25) is 4.90 Å². The van der Waals surface area contributed by atoms with E-state index < -0.39 is 0 Å². The van der Waals surface area contributed by atoms with Crippen LogP contribution in [0.1, 0.15) is 44.9 Å². The highest BCUT2D eigenvalue weighted by atomic mass is 15.3. The molecule has 0 aromatic rings. The molecule has 1 aliphatic carbocycles. The average molecular weight is 239 g/mol. The van der Waals surface area contributed by atoms with Crippen LogP contribution < -0.4 is 5.73 Å². The van der Waals surface area contributed by atoms with Gasteiger partial charge in [-0.05, 0) is 46.3 Å². The summed E-state index contributed by atoms with van der Waals surface area (Å²) in [7, 11) is 4.37. The standard InChI is InChI=1S/C14H29N3/c1-16(2)11-13-7-6-10-17(13)14(12-15)8-4-3-5-9-14/h13H,3-12,15H2,1-2H3. The van der Waals surface area contributed by atoms with Crippen LogP contribution in [0.4, 0.5) is 0 Å². The van der Waals surface area contributed by atoms with Crippen LogP contribution in [0.15, 0.2) is 0 Å². The van der Waals surface area contributed by atoms with Gasteiger partial charge in [0.1, 0.15) is 0 Å². The summed E-state index contributed by atoms with van der Waals surface area (Å²) in [5.41, 5.74) is 6.50. The van der Waals surface area contributed by atoms with Crippen molar-refractivity contribution in [1.82, 2.24) is 9.80 Å². The normalized spacial score (nSPS) is 30.0. The van der Waals surface area contributed by atoms with Gasteiger partial charge in [-0.2, -0.15) is 0 Å². The first-order chi connectivity index (χ1) is 8.18. The minimum atomic E-state index is 0.343. The highest BCUT2D eigenvalue weighted by molar-refractivity contribution is 4.99. The van der Waals surface area contributed by atoms with E-state index in [2.05, 4.69) is 23.9 Å². The lowest BCUT2D eigenvalue weighted by atomic mass is 9.80. The fraction of sp³-hybridized carbons (Fsp3) is 1.00. The second-order valence-corrected chi connectivity index (χ2v) is 6.24. The third-order valence-electron chi connectivity index (χ3n) is 4.73. The lowest BCUT2D eigenvalue weighted by Crippen LogP contribution is -2.58. The lowest BCUT2D eigenvalue weighted by Gasteiger charge is -2.47. The number of hydrogen-bond acceptors (Lipinski definition) is 3. The van der Waals surface area contributed by atoms with Crippen molar-refractivity contribution >= 4 is 0 Å². The number of likely N-dealkylation sites (N-methyl/N-ethyl adjacent to an activating group) is 1. The van der Waals surface area contributed by atoms with Crippen LogP contribution in [0.5, 0.6) is 0 Å². The molecule has 1 saturated carbocycles. The van der Waals surface area contributed by atoms with Crippen LogP contribution in [-0.2, 0) is 0 Å². The Kier molecular flexibility index (Phi) is 4.45. The van der Waals surface area contributed by atoms with E-state index in [0.717, 1.165) is 12.6 Å². The van der Waals surface area contributed by atoms with Gasteiger partial charge >= 0.3 is 0 Å². The molecular weight excluding hydrogens is 210 g/mol. The molecule has 3 heteroatoms. The molecule has 2 N–H and O–H groups in total. The fourth-order valence-electron chi connectivity index (χ4n) is 3.89. The molecule has 0 amide bonds. The minimum Gasteiger partial charge on any atom is -0.329 e. The highest BCUT2D eigenvalue weighted by Gasteiger charge is 2.42. The van der Waals surface area contributed by atoms with Crippen LogP contribution in [0.2, 0.25) is 0 Å². The second kappa shape index (κ2) is 5.68. The third kappa shape index (κ3) is 2.83. The average Bonchev–Trinajstić information content (AvgIpc) is 2.78. The highest BCUT2D eigenvalue weighted by Crippen LogP contribution is 2.37. The van der Waals surface area contributed by atoms with E-state index in [-0.39, 0.29) is 0 Å². The van der Waals surface area contributed by atoms with Gasteiger partial charge in [-0.15, -0.1) is 0 Å². The molecule has 0 aromatic heterocycles. The summed E-state index contributed by atoms with van der Waals surface area (Å²) in [4.78, 5) is 5.10. The number of likely N-dealkylation sites (tertiary alicyclic amines) is 1. The molecule has 2 fully saturated rings. The molecule has 2 rings (SSSR count). The molecule has 100 valence electrons. The van der Waals surface area contributed by atoms with Crippen LogP contribution >= 0.6 is 0 Å². The van der Waals surface area contributed by atoms with E-state index >= 15 is 0 Å². The summed E-state index contributed by atoms with van der Waals surface area (Å²) >= 11 is 0. The summed E-state index contributed by atoms with van der Waals surface area (Å²) in [6, 6.07) is 0.742. The molecule has 0 bridgehead atoms. The SMILES string of the molecule is CN(C)CC1CCCN1C1(CN)CCCCC1. The van der Waals surface area contributed by atoms with Crippen molar-refractivity contribution in [3.05, 3.63) is 0 Å². The molecule has 1 saturated heterocycles. The largest absolute Gasteiger partial charge is 0.329 e. The van der Waals surface area contributed by atoms with E-state index in [0.29, 0.717) is 5.54 Å². The van der Waals surface area contributed by atoms with Gasteiger partial charge in [0, 0.05) is 24.7 Å². The van der Waals surface area contributed by atoms with Crippen molar-refractivity contribution in [3.8, 4) is 0 Å². The summed E-state index contributed by atoms with van der Waals surface area (Å²) < 4.78 is 0. The first kappa shape index (κ1) is 13.3.